The highest BCUT2D eigenvalue weighted by molar-refractivity contribution is 7.09. The smallest absolute Gasteiger partial charge is 0.335 e. The molecule has 128 valence electrons. The van der Waals surface area contributed by atoms with Gasteiger partial charge in [-0.2, -0.15) is 0 Å². The molecule has 3 rings (SSSR count). The molecule has 0 radical (unpaired) electrons. The zero-order valence-corrected chi connectivity index (χ0v) is 14.6. The van der Waals surface area contributed by atoms with Crippen molar-refractivity contribution in [3.05, 3.63) is 45.9 Å². The zero-order chi connectivity index (χ0) is 16.9. The molecule has 0 saturated carbocycles. The van der Waals surface area contributed by atoms with Crippen LogP contribution in [-0.4, -0.2) is 47.2 Å². The SMILES string of the molecule is Cc1csc(C2CCCN(CCOc3cccc(C(=O)O)c3)C2)n1. The maximum atomic E-state index is 11.0. The van der Waals surface area contributed by atoms with Crippen LogP contribution in [0, 0.1) is 6.92 Å². The number of carbonyl (C=O) groups is 1. The molecule has 1 saturated heterocycles. The van der Waals surface area contributed by atoms with E-state index in [0.717, 1.165) is 25.3 Å². The van der Waals surface area contributed by atoms with Gasteiger partial charge >= 0.3 is 5.97 Å². The minimum absolute atomic E-state index is 0.254. The lowest BCUT2D eigenvalue weighted by atomic mass is 9.99. The van der Waals surface area contributed by atoms with Gasteiger partial charge in [0.05, 0.1) is 10.6 Å². The molecule has 1 aromatic heterocycles. The molecule has 6 heteroatoms. The van der Waals surface area contributed by atoms with E-state index in [9.17, 15) is 4.79 Å². The van der Waals surface area contributed by atoms with Gasteiger partial charge in [0.1, 0.15) is 12.4 Å². The van der Waals surface area contributed by atoms with Crippen molar-refractivity contribution in [2.75, 3.05) is 26.2 Å². The number of ether oxygens (including phenoxy) is 1. The van der Waals surface area contributed by atoms with E-state index in [1.54, 1.807) is 35.6 Å². The van der Waals surface area contributed by atoms with Crippen molar-refractivity contribution < 1.29 is 14.6 Å². The van der Waals surface area contributed by atoms with Crippen LogP contribution >= 0.6 is 11.3 Å². The first-order valence-corrected chi connectivity index (χ1v) is 9.10. The highest BCUT2D eigenvalue weighted by Gasteiger charge is 2.23. The molecule has 2 heterocycles. The van der Waals surface area contributed by atoms with Crippen molar-refractivity contribution in [1.82, 2.24) is 9.88 Å². The first-order chi connectivity index (χ1) is 11.6. The number of hydrogen-bond donors (Lipinski definition) is 1. The van der Waals surface area contributed by atoms with Gasteiger partial charge in [0, 0.05) is 30.1 Å². The third-order valence-electron chi connectivity index (χ3n) is 4.25. The Morgan fingerprint density at radius 1 is 1.50 bits per heavy atom. The van der Waals surface area contributed by atoms with E-state index < -0.39 is 5.97 Å². The quantitative estimate of drug-likeness (QED) is 0.868. The van der Waals surface area contributed by atoms with Crippen LogP contribution in [0.1, 0.15) is 39.8 Å². The fourth-order valence-electron chi connectivity index (χ4n) is 3.03. The van der Waals surface area contributed by atoms with Crippen molar-refractivity contribution in [2.24, 2.45) is 0 Å². The average molecular weight is 346 g/mol. The predicted octanol–water partition coefficient (Wildman–Crippen LogP) is 3.41. The van der Waals surface area contributed by atoms with Crippen molar-refractivity contribution in [3.63, 3.8) is 0 Å². The number of aromatic nitrogens is 1. The van der Waals surface area contributed by atoms with Crippen LogP contribution in [0.5, 0.6) is 5.75 Å². The van der Waals surface area contributed by atoms with Gasteiger partial charge in [-0.15, -0.1) is 11.3 Å². The topological polar surface area (TPSA) is 62.7 Å². The van der Waals surface area contributed by atoms with Crippen LogP contribution in [0.15, 0.2) is 29.6 Å². The summed E-state index contributed by atoms with van der Waals surface area (Å²) in [5, 5.41) is 12.4. The lowest BCUT2D eigenvalue weighted by molar-refractivity contribution is 0.0696. The largest absolute Gasteiger partial charge is 0.492 e. The molecule has 24 heavy (non-hydrogen) atoms. The average Bonchev–Trinajstić information content (AvgIpc) is 3.02. The monoisotopic (exact) mass is 346 g/mol. The second kappa shape index (κ2) is 7.77. The van der Waals surface area contributed by atoms with Gasteiger partial charge in [-0.05, 0) is 44.5 Å². The normalized spacial score (nSPS) is 18.5. The van der Waals surface area contributed by atoms with E-state index in [-0.39, 0.29) is 5.56 Å². The number of benzene rings is 1. The van der Waals surface area contributed by atoms with E-state index in [2.05, 4.69) is 15.3 Å². The maximum Gasteiger partial charge on any atom is 0.335 e. The molecule has 1 atom stereocenters. The van der Waals surface area contributed by atoms with Crippen molar-refractivity contribution in [3.8, 4) is 5.75 Å². The van der Waals surface area contributed by atoms with E-state index in [1.807, 2.05) is 6.92 Å². The first kappa shape index (κ1) is 16.9. The van der Waals surface area contributed by atoms with Gasteiger partial charge in [-0.1, -0.05) is 6.07 Å². The number of thiazole rings is 1. The van der Waals surface area contributed by atoms with Crippen molar-refractivity contribution in [1.29, 1.82) is 0 Å². The standard InChI is InChI=1S/C18H22N2O3S/c1-13-12-24-17(19-13)15-5-3-7-20(11-15)8-9-23-16-6-2-4-14(10-16)18(21)22/h2,4,6,10,12,15H,3,5,7-9,11H2,1H3,(H,21,22). The Labute approximate surface area is 145 Å². The Kier molecular flexibility index (Phi) is 5.48. The molecule has 1 aliphatic rings. The predicted molar refractivity (Wildman–Crippen MR) is 94.2 cm³/mol. The van der Waals surface area contributed by atoms with E-state index in [4.69, 9.17) is 9.84 Å². The van der Waals surface area contributed by atoms with Crippen LogP contribution in [0.25, 0.3) is 0 Å². The number of nitrogens with zero attached hydrogens (tertiary/aromatic N) is 2. The van der Waals surface area contributed by atoms with E-state index >= 15 is 0 Å². The summed E-state index contributed by atoms with van der Waals surface area (Å²) >= 11 is 1.76. The van der Waals surface area contributed by atoms with Crippen molar-refractivity contribution >= 4 is 17.3 Å². The lowest BCUT2D eigenvalue weighted by Crippen LogP contribution is -2.37. The van der Waals surface area contributed by atoms with Crippen LogP contribution < -0.4 is 4.74 Å². The summed E-state index contributed by atoms with van der Waals surface area (Å²) in [6.45, 7) is 5.55. The minimum atomic E-state index is -0.932. The number of carboxylic acid groups (broad SMARTS) is 1. The summed E-state index contributed by atoms with van der Waals surface area (Å²) in [6.07, 6.45) is 2.38. The summed E-state index contributed by atoms with van der Waals surface area (Å²) < 4.78 is 5.73. The molecule has 1 N–H and O–H groups in total. The second-order valence-corrected chi connectivity index (χ2v) is 7.04. The molecule has 1 aliphatic heterocycles. The molecule has 1 unspecified atom stereocenters. The maximum absolute atomic E-state index is 11.0. The van der Waals surface area contributed by atoms with Crippen LogP contribution in [0.4, 0.5) is 0 Å². The number of aromatic carboxylic acids is 1. The van der Waals surface area contributed by atoms with Crippen LogP contribution in [0.3, 0.4) is 0 Å². The number of carboxylic acids is 1. The van der Waals surface area contributed by atoms with Gasteiger partial charge in [0.15, 0.2) is 0 Å². The summed E-state index contributed by atoms with van der Waals surface area (Å²) in [4.78, 5) is 18.0. The van der Waals surface area contributed by atoms with Gasteiger partial charge in [-0.25, -0.2) is 9.78 Å². The lowest BCUT2D eigenvalue weighted by Gasteiger charge is -2.31. The number of aryl methyl sites for hydroxylation is 1. The molecule has 2 aromatic rings. The van der Waals surface area contributed by atoms with Gasteiger partial charge < -0.3 is 9.84 Å². The Morgan fingerprint density at radius 2 is 2.38 bits per heavy atom. The van der Waals surface area contributed by atoms with Crippen LogP contribution in [0.2, 0.25) is 0 Å². The van der Waals surface area contributed by atoms with E-state index in [0.29, 0.717) is 18.3 Å². The Bertz CT molecular complexity index is 701. The highest BCUT2D eigenvalue weighted by atomic mass is 32.1. The fourth-order valence-corrected chi connectivity index (χ4v) is 3.96. The number of rotatable bonds is 6. The van der Waals surface area contributed by atoms with Gasteiger partial charge in [0.2, 0.25) is 0 Å². The molecule has 5 nitrogen and oxygen atoms in total. The minimum Gasteiger partial charge on any atom is -0.492 e. The highest BCUT2D eigenvalue weighted by Crippen LogP contribution is 2.29. The summed E-state index contributed by atoms with van der Waals surface area (Å²) in [6, 6.07) is 6.64. The molecule has 0 bridgehead atoms. The van der Waals surface area contributed by atoms with Crippen LogP contribution in [-0.2, 0) is 0 Å². The number of piperidine rings is 1. The molecule has 0 spiro atoms. The summed E-state index contributed by atoms with van der Waals surface area (Å²) in [7, 11) is 0. The Balaban J connectivity index is 1.49. The fraction of sp³-hybridized carbons (Fsp3) is 0.444. The second-order valence-electron chi connectivity index (χ2n) is 6.15. The Hall–Kier alpha value is -1.92. The summed E-state index contributed by atoms with van der Waals surface area (Å²) in [5.74, 6) is 0.199. The molecule has 0 aliphatic carbocycles. The first-order valence-electron chi connectivity index (χ1n) is 8.22. The molecule has 1 aromatic carbocycles. The van der Waals surface area contributed by atoms with E-state index in [1.165, 1.54) is 17.8 Å². The number of likely N-dealkylation sites (tertiary alicyclic amines) is 1. The van der Waals surface area contributed by atoms with Gasteiger partial charge in [-0.3, -0.25) is 4.90 Å². The molecule has 0 amide bonds. The zero-order valence-electron chi connectivity index (χ0n) is 13.8. The van der Waals surface area contributed by atoms with Gasteiger partial charge in [0.25, 0.3) is 0 Å². The Morgan fingerprint density at radius 3 is 3.12 bits per heavy atom. The molecule has 1 fully saturated rings. The molecular weight excluding hydrogens is 324 g/mol. The third-order valence-corrected chi connectivity index (χ3v) is 5.37. The molecular formula is C18H22N2O3S. The van der Waals surface area contributed by atoms with Crippen molar-refractivity contribution in [2.45, 2.75) is 25.7 Å². The third kappa shape index (κ3) is 4.33. The summed E-state index contributed by atoms with van der Waals surface area (Å²) in [5.41, 5.74) is 1.36. The number of hydrogen-bond acceptors (Lipinski definition) is 5.